The second kappa shape index (κ2) is 4.03. The van der Waals surface area contributed by atoms with Crippen molar-refractivity contribution in [2.75, 3.05) is 0 Å². The smallest absolute Gasteiger partial charge is 0.282 e. The van der Waals surface area contributed by atoms with E-state index in [0.717, 1.165) is 0 Å². The summed E-state index contributed by atoms with van der Waals surface area (Å²) >= 11 is 0. The maximum absolute atomic E-state index is 12.9. The van der Waals surface area contributed by atoms with Gasteiger partial charge in [0.2, 0.25) is 0 Å². The molecule has 0 aliphatic carbocycles. The summed E-state index contributed by atoms with van der Waals surface area (Å²) in [5, 5.41) is 0.201. The van der Waals surface area contributed by atoms with Crippen molar-refractivity contribution in [1.82, 2.24) is 0 Å². The summed E-state index contributed by atoms with van der Waals surface area (Å²) in [5.41, 5.74) is -0.742. The predicted molar refractivity (Wildman–Crippen MR) is 46.9 cm³/mol. The van der Waals surface area contributed by atoms with Gasteiger partial charge in [-0.05, 0) is 6.08 Å². The van der Waals surface area contributed by atoms with Gasteiger partial charge in [-0.3, -0.25) is 4.55 Å². The summed E-state index contributed by atoms with van der Waals surface area (Å²) < 4.78 is 66.9. The Labute approximate surface area is 83.6 Å². The molecule has 15 heavy (non-hydrogen) atoms. The summed E-state index contributed by atoms with van der Waals surface area (Å²) in [6.45, 7) is 0. The molecule has 0 fully saturated rings. The van der Waals surface area contributed by atoms with Gasteiger partial charge in [0.15, 0.2) is 0 Å². The zero-order chi connectivity index (χ0) is 11.6. The van der Waals surface area contributed by atoms with Gasteiger partial charge in [-0.2, -0.15) is 8.42 Å². The molecule has 1 aromatic rings. The Balaban J connectivity index is 3.22. The van der Waals surface area contributed by atoms with Gasteiger partial charge in [0, 0.05) is 17.7 Å². The lowest BCUT2D eigenvalue weighted by atomic mass is 10.2. The molecule has 1 N–H and O–H groups in total. The molecule has 1 rings (SSSR count). The van der Waals surface area contributed by atoms with Gasteiger partial charge in [0.05, 0.1) is 5.41 Å². The van der Waals surface area contributed by atoms with Crippen LogP contribution >= 0.6 is 0 Å². The van der Waals surface area contributed by atoms with E-state index in [2.05, 4.69) is 0 Å². The zero-order valence-electron chi connectivity index (χ0n) is 7.12. The predicted octanol–water partition coefficient (Wildman–Crippen LogP) is 1.96. The lowest BCUT2D eigenvalue weighted by Crippen LogP contribution is -1.94. The van der Waals surface area contributed by atoms with Crippen molar-refractivity contribution in [3.05, 3.63) is 40.6 Å². The highest BCUT2D eigenvalue weighted by molar-refractivity contribution is 7.88. The highest BCUT2D eigenvalue weighted by Gasteiger charge is 2.09. The van der Waals surface area contributed by atoms with Crippen LogP contribution in [-0.4, -0.2) is 13.0 Å². The largest absolute Gasteiger partial charge is 0.287 e. The molecule has 0 aliphatic heterocycles. The monoisotopic (exact) mass is 238 g/mol. The Hall–Kier alpha value is -1.34. The van der Waals surface area contributed by atoms with Crippen molar-refractivity contribution >= 4 is 16.2 Å². The van der Waals surface area contributed by atoms with Crippen LogP contribution in [0.4, 0.5) is 13.2 Å². The van der Waals surface area contributed by atoms with Crippen LogP contribution < -0.4 is 0 Å². The van der Waals surface area contributed by atoms with E-state index < -0.39 is 33.1 Å². The highest BCUT2D eigenvalue weighted by atomic mass is 32.2. The Bertz CT molecular complexity index is 485. The molecule has 0 spiro atoms. The molecule has 1 aromatic carbocycles. The normalized spacial score (nSPS) is 12.3. The van der Waals surface area contributed by atoms with Crippen LogP contribution in [0.1, 0.15) is 5.56 Å². The lowest BCUT2D eigenvalue weighted by Gasteiger charge is -1.98. The molecule has 0 bridgehead atoms. The van der Waals surface area contributed by atoms with E-state index in [1.54, 1.807) is 0 Å². The maximum atomic E-state index is 12.9. The van der Waals surface area contributed by atoms with E-state index in [-0.39, 0.29) is 5.41 Å². The number of hydrogen-bond donors (Lipinski definition) is 1. The van der Waals surface area contributed by atoms with Crippen LogP contribution in [-0.2, 0) is 10.1 Å². The average molecular weight is 238 g/mol. The second-order valence-corrected chi connectivity index (χ2v) is 3.90. The molecule has 0 saturated carbocycles. The fourth-order valence-corrected chi connectivity index (χ4v) is 1.17. The number of hydrogen-bond acceptors (Lipinski definition) is 2. The quantitative estimate of drug-likeness (QED) is 0.801. The third-order valence-electron chi connectivity index (χ3n) is 1.45. The first-order chi connectivity index (χ1) is 6.79. The minimum atomic E-state index is -4.47. The molecule has 0 amide bonds. The zero-order valence-corrected chi connectivity index (χ0v) is 7.93. The van der Waals surface area contributed by atoms with Gasteiger partial charge in [-0.15, -0.1) is 0 Å². The minimum absolute atomic E-state index is 0.201. The number of rotatable bonds is 2. The van der Waals surface area contributed by atoms with Gasteiger partial charge < -0.3 is 0 Å². The summed E-state index contributed by atoms with van der Waals surface area (Å²) in [5.74, 6) is -3.63. The van der Waals surface area contributed by atoms with Gasteiger partial charge in [-0.25, -0.2) is 13.2 Å². The van der Waals surface area contributed by atoms with Crippen molar-refractivity contribution < 1.29 is 26.1 Å². The summed E-state index contributed by atoms with van der Waals surface area (Å²) in [6, 6.07) is 0.791. The third-order valence-corrected chi connectivity index (χ3v) is 1.93. The Morgan fingerprint density at radius 1 is 1.13 bits per heavy atom. The SMILES string of the molecule is O=S(=O)(O)C=Cc1c(F)cc(F)cc1F. The van der Waals surface area contributed by atoms with Gasteiger partial charge in [0.25, 0.3) is 10.1 Å². The Kier molecular flexibility index (Phi) is 3.15. The first-order valence-corrected chi connectivity index (χ1v) is 5.10. The Morgan fingerprint density at radius 2 is 1.60 bits per heavy atom. The average Bonchev–Trinajstić information content (AvgIpc) is 1.99. The first-order valence-electron chi connectivity index (χ1n) is 3.60. The van der Waals surface area contributed by atoms with E-state index in [1.807, 2.05) is 0 Å². The van der Waals surface area contributed by atoms with E-state index >= 15 is 0 Å². The number of halogens is 3. The van der Waals surface area contributed by atoms with E-state index in [4.69, 9.17) is 4.55 Å². The van der Waals surface area contributed by atoms with Crippen LogP contribution in [0.25, 0.3) is 6.08 Å². The summed E-state index contributed by atoms with van der Waals surface area (Å²) in [4.78, 5) is 0. The van der Waals surface area contributed by atoms with Crippen LogP contribution in [0.2, 0.25) is 0 Å². The minimum Gasteiger partial charge on any atom is -0.282 e. The molecule has 0 saturated heterocycles. The van der Waals surface area contributed by atoms with Crippen molar-refractivity contribution in [2.45, 2.75) is 0 Å². The molecule has 0 unspecified atom stereocenters. The van der Waals surface area contributed by atoms with Gasteiger partial charge >= 0.3 is 0 Å². The molecule has 82 valence electrons. The molecule has 3 nitrogen and oxygen atoms in total. The first kappa shape index (κ1) is 11.7. The van der Waals surface area contributed by atoms with Crippen LogP contribution in [0.5, 0.6) is 0 Å². The van der Waals surface area contributed by atoms with E-state index in [0.29, 0.717) is 18.2 Å². The van der Waals surface area contributed by atoms with Crippen molar-refractivity contribution in [3.63, 3.8) is 0 Å². The topological polar surface area (TPSA) is 54.4 Å². The van der Waals surface area contributed by atoms with Gasteiger partial charge in [-0.1, -0.05) is 0 Å². The van der Waals surface area contributed by atoms with Crippen molar-refractivity contribution in [2.24, 2.45) is 0 Å². The molecular formula is C8H5F3O3S. The standard InChI is InChI=1S/C8H5F3O3S/c9-5-3-7(10)6(8(11)4-5)1-2-15(12,13)14/h1-4H,(H,12,13,14). The van der Waals surface area contributed by atoms with E-state index in [1.165, 1.54) is 0 Å². The number of benzene rings is 1. The van der Waals surface area contributed by atoms with Gasteiger partial charge in [0.1, 0.15) is 17.5 Å². The van der Waals surface area contributed by atoms with Crippen molar-refractivity contribution in [1.29, 1.82) is 0 Å². The summed E-state index contributed by atoms with van der Waals surface area (Å²) in [6.07, 6.45) is 0.499. The van der Waals surface area contributed by atoms with E-state index in [9.17, 15) is 21.6 Å². The van der Waals surface area contributed by atoms with Crippen molar-refractivity contribution in [3.8, 4) is 0 Å². The Morgan fingerprint density at radius 3 is 2.00 bits per heavy atom. The molecule has 0 aliphatic rings. The fraction of sp³-hybridized carbons (Fsp3) is 0. The second-order valence-electron chi connectivity index (χ2n) is 2.60. The molecule has 7 heteroatoms. The molecular weight excluding hydrogens is 233 g/mol. The summed E-state index contributed by atoms with van der Waals surface area (Å²) in [7, 11) is -4.47. The molecule has 0 atom stereocenters. The van der Waals surface area contributed by atoms with Crippen LogP contribution in [0.3, 0.4) is 0 Å². The maximum Gasteiger partial charge on any atom is 0.287 e. The van der Waals surface area contributed by atoms with Crippen LogP contribution in [0, 0.1) is 17.5 Å². The molecule has 0 heterocycles. The lowest BCUT2D eigenvalue weighted by molar-refractivity contribution is 0.494. The highest BCUT2D eigenvalue weighted by Crippen LogP contribution is 2.16. The van der Waals surface area contributed by atoms with Crippen LogP contribution in [0.15, 0.2) is 17.5 Å². The fourth-order valence-electron chi connectivity index (χ4n) is 0.867. The molecule has 0 radical (unpaired) electrons. The molecule has 0 aromatic heterocycles. The third kappa shape index (κ3) is 3.37.